The van der Waals surface area contributed by atoms with Gasteiger partial charge < -0.3 is 10.1 Å². The molecular formula is C15H19N3O. The smallest absolute Gasteiger partial charge is 0.0950 e. The van der Waals surface area contributed by atoms with Crippen LogP contribution in [0.3, 0.4) is 0 Å². The number of fused-ring (bicyclic) bond motifs is 1. The van der Waals surface area contributed by atoms with Gasteiger partial charge in [-0.2, -0.15) is 10.2 Å². The van der Waals surface area contributed by atoms with E-state index in [4.69, 9.17) is 4.74 Å². The zero-order valence-corrected chi connectivity index (χ0v) is 11.0. The topological polar surface area (TPSA) is 47.0 Å². The number of anilines is 1. The minimum absolute atomic E-state index is 0.481. The van der Waals surface area contributed by atoms with Crippen molar-refractivity contribution in [2.24, 2.45) is 0 Å². The minimum Gasteiger partial charge on any atom is -0.381 e. The lowest BCUT2D eigenvalue weighted by Crippen LogP contribution is -2.15. The third-order valence-corrected chi connectivity index (χ3v) is 3.62. The number of hydrogen-bond acceptors (Lipinski definition) is 4. The quantitative estimate of drug-likeness (QED) is 0.836. The molecule has 0 atom stereocenters. The van der Waals surface area contributed by atoms with Gasteiger partial charge >= 0.3 is 0 Å². The first-order chi connectivity index (χ1) is 9.43. The fraction of sp³-hybridized carbons (Fsp3) is 0.467. The Hall–Kier alpha value is -1.68. The highest BCUT2D eigenvalue weighted by atomic mass is 16.5. The van der Waals surface area contributed by atoms with Crippen molar-refractivity contribution in [1.29, 1.82) is 0 Å². The van der Waals surface area contributed by atoms with Gasteiger partial charge in [-0.05, 0) is 18.9 Å². The molecule has 100 valence electrons. The highest BCUT2D eigenvalue weighted by Gasteiger charge is 2.14. The fourth-order valence-corrected chi connectivity index (χ4v) is 2.61. The summed E-state index contributed by atoms with van der Waals surface area (Å²) in [5, 5.41) is 12.6. The van der Waals surface area contributed by atoms with Gasteiger partial charge in [0.15, 0.2) is 0 Å². The van der Waals surface area contributed by atoms with E-state index in [1.54, 1.807) is 6.20 Å². The fourth-order valence-electron chi connectivity index (χ4n) is 2.61. The third kappa shape index (κ3) is 3.01. The Morgan fingerprint density at radius 2 is 2.05 bits per heavy atom. The summed E-state index contributed by atoms with van der Waals surface area (Å²) in [7, 11) is 0. The van der Waals surface area contributed by atoms with Crippen LogP contribution in [0, 0.1) is 0 Å². The van der Waals surface area contributed by atoms with Crippen LogP contribution in [0.15, 0.2) is 30.5 Å². The van der Waals surface area contributed by atoms with Crippen LogP contribution < -0.4 is 5.32 Å². The first-order valence-electron chi connectivity index (χ1n) is 6.99. The van der Waals surface area contributed by atoms with Crippen molar-refractivity contribution < 1.29 is 4.74 Å². The second kappa shape index (κ2) is 5.97. The van der Waals surface area contributed by atoms with E-state index in [0.29, 0.717) is 6.10 Å². The van der Waals surface area contributed by atoms with Crippen LogP contribution in [0.5, 0.6) is 0 Å². The summed E-state index contributed by atoms with van der Waals surface area (Å²) < 4.78 is 5.84. The number of nitrogens with zero attached hydrogens (tertiary/aromatic N) is 2. The predicted octanol–water partition coefficient (Wildman–Crippen LogP) is 3.00. The minimum atomic E-state index is 0.481. The number of ether oxygens (including phenoxy) is 1. The normalized spacial score (nSPS) is 16.0. The van der Waals surface area contributed by atoms with Gasteiger partial charge in [0.25, 0.3) is 0 Å². The largest absolute Gasteiger partial charge is 0.381 e. The van der Waals surface area contributed by atoms with Gasteiger partial charge in [-0.3, -0.25) is 0 Å². The van der Waals surface area contributed by atoms with Crippen molar-refractivity contribution in [3.05, 3.63) is 30.5 Å². The van der Waals surface area contributed by atoms with Crippen LogP contribution in [0.25, 0.3) is 10.9 Å². The summed E-state index contributed by atoms with van der Waals surface area (Å²) in [5.74, 6) is 0. The molecule has 0 saturated heterocycles. The molecule has 0 bridgehead atoms. The van der Waals surface area contributed by atoms with Crippen molar-refractivity contribution in [2.75, 3.05) is 18.5 Å². The van der Waals surface area contributed by atoms with Gasteiger partial charge in [0.2, 0.25) is 0 Å². The van der Waals surface area contributed by atoms with E-state index in [0.717, 1.165) is 29.7 Å². The molecule has 1 aliphatic rings. The lowest BCUT2D eigenvalue weighted by Gasteiger charge is -2.12. The molecule has 0 aliphatic heterocycles. The van der Waals surface area contributed by atoms with Crippen molar-refractivity contribution >= 4 is 16.6 Å². The average Bonchev–Trinajstić information content (AvgIpc) is 2.97. The molecule has 2 aromatic rings. The summed E-state index contributed by atoms with van der Waals surface area (Å²) in [4.78, 5) is 0. The van der Waals surface area contributed by atoms with Crippen molar-refractivity contribution in [2.45, 2.75) is 31.8 Å². The monoisotopic (exact) mass is 257 g/mol. The summed E-state index contributed by atoms with van der Waals surface area (Å²) in [5.41, 5.74) is 1.95. The Balaban J connectivity index is 1.56. The molecule has 4 nitrogen and oxygen atoms in total. The molecule has 0 amide bonds. The number of rotatable bonds is 5. The van der Waals surface area contributed by atoms with E-state index in [1.807, 2.05) is 18.2 Å². The Labute approximate surface area is 113 Å². The molecule has 1 heterocycles. The SMILES string of the molecule is c1ccc2c(NCCOC3CCCC3)cnnc2c1. The summed E-state index contributed by atoms with van der Waals surface area (Å²) >= 11 is 0. The number of aromatic nitrogens is 2. The first-order valence-corrected chi connectivity index (χ1v) is 6.99. The van der Waals surface area contributed by atoms with Crippen LogP contribution in [0.1, 0.15) is 25.7 Å². The molecule has 0 radical (unpaired) electrons. The zero-order chi connectivity index (χ0) is 12.9. The summed E-state index contributed by atoms with van der Waals surface area (Å²) in [6, 6.07) is 8.03. The van der Waals surface area contributed by atoms with Crippen molar-refractivity contribution in [3.8, 4) is 0 Å². The van der Waals surface area contributed by atoms with E-state index >= 15 is 0 Å². The maximum atomic E-state index is 5.84. The standard InChI is InChI=1S/C15H19N3O/c1-2-6-12(5-1)19-10-9-16-15-11-17-18-14-8-4-3-7-13(14)15/h3-4,7-8,11-12H,1-2,5-6,9-10H2,(H,16,18). The van der Waals surface area contributed by atoms with Crippen LogP contribution in [-0.2, 0) is 4.74 Å². The van der Waals surface area contributed by atoms with Gasteiger partial charge in [-0.25, -0.2) is 0 Å². The van der Waals surface area contributed by atoms with Gasteiger partial charge in [0.1, 0.15) is 0 Å². The third-order valence-electron chi connectivity index (χ3n) is 3.62. The molecule has 0 spiro atoms. The van der Waals surface area contributed by atoms with Gasteiger partial charge in [0, 0.05) is 11.9 Å². The van der Waals surface area contributed by atoms with Crippen molar-refractivity contribution in [3.63, 3.8) is 0 Å². The van der Waals surface area contributed by atoms with Gasteiger partial charge in [-0.1, -0.05) is 31.0 Å². The molecule has 1 saturated carbocycles. The lowest BCUT2D eigenvalue weighted by molar-refractivity contribution is 0.0659. The zero-order valence-electron chi connectivity index (χ0n) is 11.0. The van der Waals surface area contributed by atoms with Crippen molar-refractivity contribution in [1.82, 2.24) is 10.2 Å². The Morgan fingerprint density at radius 3 is 2.95 bits per heavy atom. The highest BCUT2D eigenvalue weighted by molar-refractivity contribution is 5.90. The maximum Gasteiger partial charge on any atom is 0.0950 e. The molecule has 1 aliphatic carbocycles. The average molecular weight is 257 g/mol. The first kappa shape index (κ1) is 12.4. The predicted molar refractivity (Wildman–Crippen MR) is 76.2 cm³/mol. The molecule has 1 aromatic carbocycles. The molecule has 0 unspecified atom stereocenters. The molecule has 4 heteroatoms. The van der Waals surface area contributed by atoms with E-state index in [2.05, 4.69) is 21.6 Å². The molecule has 1 fully saturated rings. The number of nitrogens with one attached hydrogen (secondary N) is 1. The molecular weight excluding hydrogens is 238 g/mol. The second-order valence-corrected chi connectivity index (χ2v) is 4.98. The molecule has 1 N–H and O–H groups in total. The van der Waals surface area contributed by atoms with E-state index < -0.39 is 0 Å². The highest BCUT2D eigenvalue weighted by Crippen LogP contribution is 2.21. The number of hydrogen-bond donors (Lipinski definition) is 1. The van der Waals surface area contributed by atoms with E-state index in [-0.39, 0.29) is 0 Å². The van der Waals surface area contributed by atoms with Crippen LogP contribution in [-0.4, -0.2) is 29.5 Å². The Kier molecular flexibility index (Phi) is 3.89. The maximum absolute atomic E-state index is 5.84. The molecule has 1 aromatic heterocycles. The van der Waals surface area contributed by atoms with Gasteiger partial charge in [0.05, 0.1) is 30.1 Å². The Morgan fingerprint density at radius 1 is 1.21 bits per heavy atom. The van der Waals surface area contributed by atoms with Crippen LogP contribution >= 0.6 is 0 Å². The second-order valence-electron chi connectivity index (χ2n) is 4.98. The summed E-state index contributed by atoms with van der Waals surface area (Å²) in [6.45, 7) is 1.56. The molecule has 3 rings (SSSR count). The van der Waals surface area contributed by atoms with Crippen LogP contribution in [0.4, 0.5) is 5.69 Å². The van der Waals surface area contributed by atoms with E-state index in [1.165, 1.54) is 25.7 Å². The Bertz CT molecular complexity index is 532. The summed E-state index contributed by atoms with van der Waals surface area (Å²) in [6.07, 6.45) is 7.33. The molecule has 19 heavy (non-hydrogen) atoms. The van der Waals surface area contributed by atoms with E-state index in [9.17, 15) is 0 Å². The number of benzene rings is 1. The van der Waals surface area contributed by atoms with Gasteiger partial charge in [-0.15, -0.1) is 0 Å². The lowest BCUT2D eigenvalue weighted by atomic mass is 10.2. The van der Waals surface area contributed by atoms with Crippen LogP contribution in [0.2, 0.25) is 0 Å².